The zero-order valence-electron chi connectivity index (χ0n) is 12.6. The van der Waals surface area contributed by atoms with Crippen molar-refractivity contribution in [1.82, 2.24) is 24.6 Å². The maximum Gasteiger partial charge on any atom is 0.162 e. The molecule has 1 atom stereocenters. The van der Waals surface area contributed by atoms with Crippen LogP contribution in [0.15, 0.2) is 24.8 Å². The summed E-state index contributed by atoms with van der Waals surface area (Å²) in [4.78, 5) is 11.3. The molecule has 1 saturated heterocycles. The van der Waals surface area contributed by atoms with Crippen molar-refractivity contribution in [3.05, 3.63) is 30.4 Å². The molecule has 0 radical (unpaired) electrons. The Morgan fingerprint density at radius 3 is 2.76 bits per heavy atom. The van der Waals surface area contributed by atoms with Gasteiger partial charge in [0, 0.05) is 51.4 Å². The van der Waals surface area contributed by atoms with Crippen molar-refractivity contribution < 1.29 is 4.74 Å². The zero-order chi connectivity index (χ0) is 14.7. The van der Waals surface area contributed by atoms with E-state index in [2.05, 4.69) is 20.0 Å². The van der Waals surface area contributed by atoms with Crippen LogP contribution >= 0.6 is 0 Å². The Balaban J connectivity index is 1.64. The molecule has 6 nitrogen and oxygen atoms in total. The number of aryl methyl sites for hydroxylation is 1. The van der Waals surface area contributed by atoms with E-state index in [1.165, 1.54) is 6.42 Å². The summed E-state index contributed by atoms with van der Waals surface area (Å²) in [7, 11) is 3.68. The molecule has 0 amide bonds. The van der Waals surface area contributed by atoms with E-state index in [1.807, 2.05) is 25.6 Å². The van der Waals surface area contributed by atoms with Crippen LogP contribution < -0.4 is 0 Å². The first-order chi connectivity index (χ1) is 10.2. The van der Waals surface area contributed by atoms with Gasteiger partial charge in [-0.15, -0.1) is 0 Å². The summed E-state index contributed by atoms with van der Waals surface area (Å²) in [6.45, 7) is 2.98. The minimum Gasteiger partial charge on any atom is -0.380 e. The Morgan fingerprint density at radius 1 is 1.29 bits per heavy atom. The summed E-state index contributed by atoms with van der Waals surface area (Å²) in [6.07, 6.45) is 10.2. The van der Waals surface area contributed by atoms with Gasteiger partial charge in [0.2, 0.25) is 0 Å². The van der Waals surface area contributed by atoms with Crippen LogP contribution in [-0.2, 0) is 18.3 Å². The number of methoxy groups -OCH3 is 1. The van der Waals surface area contributed by atoms with E-state index in [0.29, 0.717) is 6.10 Å². The highest BCUT2D eigenvalue weighted by atomic mass is 16.5. The van der Waals surface area contributed by atoms with Gasteiger partial charge in [-0.25, -0.2) is 9.97 Å². The Morgan fingerprint density at radius 2 is 2.10 bits per heavy atom. The van der Waals surface area contributed by atoms with E-state index < -0.39 is 0 Å². The molecule has 0 saturated carbocycles. The van der Waals surface area contributed by atoms with E-state index in [-0.39, 0.29) is 0 Å². The van der Waals surface area contributed by atoms with Gasteiger partial charge in [0.15, 0.2) is 5.82 Å². The van der Waals surface area contributed by atoms with Gasteiger partial charge >= 0.3 is 0 Å². The average molecular weight is 287 g/mol. The molecule has 0 N–H and O–H groups in total. The van der Waals surface area contributed by atoms with Crippen LogP contribution in [0, 0.1) is 0 Å². The quantitative estimate of drug-likeness (QED) is 0.852. The summed E-state index contributed by atoms with van der Waals surface area (Å²) in [5.74, 6) is 0.722. The summed E-state index contributed by atoms with van der Waals surface area (Å²) in [5, 5.41) is 4.14. The van der Waals surface area contributed by atoms with Gasteiger partial charge in [-0.1, -0.05) is 0 Å². The van der Waals surface area contributed by atoms with E-state index in [9.17, 15) is 0 Å². The van der Waals surface area contributed by atoms with Gasteiger partial charge in [-0.05, 0) is 19.4 Å². The van der Waals surface area contributed by atoms with Gasteiger partial charge in [0.1, 0.15) is 0 Å². The second-order valence-electron chi connectivity index (χ2n) is 5.55. The van der Waals surface area contributed by atoms with Crippen LogP contribution in [0.25, 0.3) is 11.4 Å². The first-order valence-electron chi connectivity index (χ1n) is 7.29. The molecule has 1 fully saturated rings. The van der Waals surface area contributed by atoms with Crippen molar-refractivity contribution in [2.45, 2.75) is 25.5 Å². The number of piperidine rings is 1. The largest absolute Gasteiger partial charge is 0.380 e. The van der Waals surface area contributed by atoms with Gasteiger partial charge in [0.25, 0.3) is 0 Å². The van der Waals surface area contributed by atoms with Crippen molar-refractivity contribution in [2.75, 3.05) is 20.2 Å². The fourth-order valence-electron chi connectivity index (χ4n) is 2.73. The molecule has 21 heavy (non-hydrogen) atoms. The number of hydrogen-bond donors (Lipinski definition) is 0. The van der Waals surface area contributed by atoms with Crippen LogP contribution in [-0.4, -0.2) is 51.0 Å². The Bertz CT molecular complexity index is 580. The minimum absolute atomic E-state index is 0.356. The fraction of sp³-hybridized carbons (Fsp3) is 0.533. The van der Waals surface area contributed by atoms with Crippen LogP contribution in [0.5, 0.6) is 0 Å². The predicted octanol–water partition coefficient (Wildman–Crippen LogP) is 1.49. The molecule has 0 bridgehead atoms. The summed E-state index contributed by atoms with van der Waals surface area (Å²) in [6, 6.07) is 0. The summed E-state index contributed by atoms with van der Waals surface area (Å²) >= 11 is 0. The third kappa shape index (κ3) is 3.46. The van der Waals surface area contributed by atoms with Crippen LogP contribution in [0.4, 0.5) is 0 Å². The molecular weight excluding hydrogens is 266 g/mol. The second kappa shape index (κ2) is 6.32. The molecule has 0 spiro atoms. The van der Waals surface area contributed by atoms with Crippen molar-refractivity contribution in [3.8, 4) is 11.4 Å². The molecule has 1 aliphatic heterocycles. The standard InChI is InChI=1S/C15H21N5O/c1-19-10-13(8-18-19)15-16-6-12(7-17-15)9-20-5-3-4-14(11-20)21-2/h6-8,10,14H,3-5,9,11H2,1-2H3. The molecule has 0 aromatic carbocycles. The number of rotatable bonds is 4. The lowest BCUT2D eigenvalue weighted by molar-refractivity contribution is 0.0285. The first-order valence-corrected chi connectivity index (χ1v) is 7.29. The molecule has 3 heterocycles. The van der Waals surface area contributed by atoms with Crippen molar-refractivity contribution in [2.24, 2.45) is 7.05 Å². The van der Waals surface area contributed by atoms with E-state index >= 15 is 0 Å². The third-order valence-electron chi connectivity index (χ3n) is 3.87. The Labute approximate surface area is 124 Å². The maximum atomic E-state index is 5.46. The topological polar surface area (TPSA) is 56.1 Å². The lowest BCUT2D eigenvalue weighted by atomic mass is 10.1. The number of nitrogens with zero attached hydrogens (tertiary/aromatic N) is 5. The first kappa shape index (κ1) is 14.2. The highest BCUT2D eigenvalue weighted by Gasteiger charge is 2.19. The number of hydrogen-bond acceptors (Lipinski definition) is 5. The van der Waals surface area contributed by atoms with Gasteiger partial charge in [0.05, 0.1) is 17.9 Å². The lowest BCUT2D eigenvalue weighted by Gasteiger charge is -2.31. The molecule has 2 aromatic heterocycles. The molecule has 3 rings (SSSR count). The smallest absolute Gasteiger partial charge is 0.162 e. The molecule has 2 aromatic rings. The van der Waals surface area contributed by atoms with Crippen LogP contribution in [0.2, 0.25) is 0 Å². The van der Waals surface area contributed by atoms with Crippen molar-refractivity contribution in [3.63, 3.8) is 0 Å². The van der Waals surface area contributed by atoms with Crippen LogP contribution in [0.1, 0.15) is 18.4 Å². The normalized spacial score (nSPS) is 19.8. The second-order valence-corrected chi connectivity index (χ2v) is 5.55. The SMILES string of the molecule is COC1CCCN(Cc2cnc(-c3cnn(C)c3)nc2)C1. The minimum atomic E-state index is 0.356. The molecule has 6 heteroatoms. The lowest BCUT2D eigenvalue weighted by Crippen LogP contribution is -2.38. The monoisotopic (exact) mass is 287 g/mol. The van der Waals surface area contributed by atoms with E-state index in [4.69, 9.17) is 4.74 Å². The van der Waals surface area contributed by atoms with Crippen LogP contribution in [0.3, 0.4) is 0 Å². The summed E-state index contributed by atoms with van der Waals surface area (Å²) < 4.78 is 7.21. The summed E-state index contributed by atoms with van der Waals surface area (Å²) in [5.41, 5.74) is 2.08. The van der Waals surface area contributed by atoms with Crippen molar-refractivity contribution in [1.29, 1.82) is 0 Å². The Hall–Kier alpha value is -1.79. The number of aromatic nitrogens is 4. The third-order valence-corrected chi connectivity index (χ3v) is 3.87. The highest BCUT2D eigenvalue weighted by Crippen LogP contribution is 2.16. The van der Waals surface area contributed by atoms with E-state index in [1.54, 1.807) is 18.0 Å². The number of likely N-dealkylation sites (tertiary alicyclic amines) is 1. The highest BCUT2D eigenvalue weighted by molar-refractivity contribution is 5.51. The Kier molecular flexibility index (Phi) is 4.26. The molecule has 112 valence electrons. The maximum absolute atomic E-state index is 5.46. The van der Waals surface area contributed by atoms with Crippen molar-refractivity contribution >= 4 is 0 Å². The molecular formula is C15H21N5O. The van der Waals surface area contributed by atoms with Gasteiger partial charge in [-0.2, -0.15) is 5.10 Å². The molecule has 1 aliphatic rings. The number of ether oxygens (including phenoxy) is 1. The molecule has 0 aliphatic carbocycles. The average Bonchev–Trinajstić information content (AvgIpc) is 2.95. The zero-order valence-corrected chi connectivity index (χ0v) is 12.6. The van der Waals surface area contributed by atoms with Gasteiger partial charge in [-0.3, -0.25) is 9.58 Å². The predicted molar refractivity (Wildman–Crippen MR) is 79.5 cm³/mol. The van der Waals surface area contributed by atoms with E-state index in [0.717, 1.165) is 43.0 Å². The molecule has 1 unspecified atom stereocenters. The fourth-order valence-corrected chi connectivity index (χ4v) is 2.73. The van der Waals surface area contributed by atoms with Gasteiger partial charge < -0.3 is 4.74 Å².